The molecular weight excluding hydrogens is 162 g/mol. The van der Waals surface area contributed by atoms with E-state index in [4.69, 9.17) is 5.26 Å². The van der Waals surface area contributed by atoms with Crippen molar-refractivity contribution in [1.82, 2.24) is 0 Å². The molecule has 0 unspecified atom stereocenters. The van der Waals surface area contributed by atoms with E-state index >= 15 is 0 Å². The van der Waals surface area contributed by atoms with Gasteiger partial charge >= 0.3 is 0 Å². The van der Waals surface area contributed by atoms with E-state index in [9.17, 15) is 5.11 Å². The highest BCUT2D eigenvalue weighted by Crippen LogP contribution is 2.21. The van der Waals surface area contributed by atoms with Crippen LogP contribution >= 0.6 is 0 Å². The molecule has 1 N–H and O–H groups in total. The molecule has 2 nitrogen and oxygen atoms in total. The Balaban J connectivity index is 3.22. The van der Waals surface area contributed by atoms with Gasteiger partial charge in [-0.1, -0.05) is 0 Å². The summed E-state index contributed by atoms with van der Waals surface area (Å²) < 4.78 is 0. The van der Waals surface area contributed by atoms with E-state index in [0.717, 1.165) is 16.7 Å². The zero-order chi connectivity index (χ0) is 9.84. The van der Waals surface area contributed by atoms with E-state index in [2.05, 4.69) is 0 Å². The third-order valence-corrected chi connectivity index (χ3v) is 1.90. The monoisotopic (exact) mass is 173 g/mol. The van der Waals surface area contributed by atoms with Crippen LogP contribution in [0.2, 0.25) is 0 Å². The van der Waals surface area contributed by atoms with Gasteiger partial charge in [-0.3, -0.25) is 0 Å². The van der Waals surface area contributed by atoms with Gasteiger partial charge in [-0.05, 0) is 48.7 Å². The van der Waals surface area contributed by atoms with Gasteiger partial charge in [0.05, 0.1) is 6.07 Å². The second kappa shape index (κ2) is 3.77. The second-order valence-corrected chi connectivity index (χ2v) is 2.96. The molecule has 1 aromatic carbocycles. The van der Waals surface area contributed by atoms with E-state index in [0.29, 0.717) is 0 Å². The number of nitriles is 1. The van der Waals surface area contributed by atoms with Gasteiger partial charge < -0.3 is 5.11 Å². The van der Waals surface area contributed by atoms with Crippen LogP contribution in [-0.2, 0) is 0 Å². The van der Waals surface area contributed by atoms with Crippen LogP contribution in [0.3, 0.4) is 0 Å². The molecule has 0 aromatic heterocycles. The Kier molecular flexibility index (Phi) is 2.71. The number of hydrogen-bond donors (Lipinski definition) is 1. The summed E-state index contributed by atoms with van der Waals surface area (Å²) in [6.07, 6.45) is 3.19. The fourth-order valence-corrected chi connectivity index (χ4v) is 1.34. The molecule has 0 saturated heterocycles. The molecule has 0 atom stereocenters. The predicted molar refractivity (Wildman–Crippen MR) is 52.2 cm³/mol. The fourth-order valence-electron chi connectivity index (χ4n) is 1.34. The Labute approximate surface area is 77.8 Å². The standard InChI is InChI=1S/C11H11NO/c1-8-6-10(13)7-9(2)11(8)4-3-5-12/h3-4,6-7,13H,1-2H3. The van der Waals surface area contributed by atoms with Crippen molar-refractivity contribution < 1.29 is 5.11 Å². The average molecular weight is 173 g/mol. The number of rotatable bonds is 1. The summed E-state index contributed by atoms with van der Waals surface area (Å²) in [5.41, 5.74) is 2.95. The van der Waals surface area contributed by atoms with Gasteiger partial charge in [0.15, 0.2) is 0 Å². The summed E-state index contributed by atoms with van der Waals surface area (Å²) in [7, 11) is 0. The third kappa shape index (κ3) is 2.09. The Hall–Kier alpha value is -1.75. The molecule has 13 heavy (non-hydrogen) atoms. The molecule has 66 valence electrons. The molecule has 0 spiro atoms. The lowest BCUT2D eigenvalue weighted by Gasteiger charge is -2.05. The highest BCUT2D eigenvalue weighted by Gasteiger charge is 2.00. The van der Waals surface area contributed by atoms with E-state index in [-0.39, 0.29) is 5.75 Å². The minimum Gasteiger partial charge on any atom is -0.508 e. The maximum Gasteiger partial charge on any atom is 0.116 e. The molecule has 0 amide bonds. The minimum absolute atomic E-state index is 0.268. The topological polar surface area (TPSA) is 44.0 Å². The van der Waals surface area contributed by atoms with Crippen molar-refractivity contribution in [2.75, 3.05) is 0 Å². The van der Waals surface area contributed by atoms with Crippen LogP contribution < -0.4 is 0 Å². The van der Waals surface area contributed by atoms with Crippen molar-refractivity contribution in [3.05, 3.63) is 34.9 Å². The van der Waals surface area contributed by atoms with Gasteiger partial charge in [-0.25, -0.2) is 0 Å². The molecule has 0 radical (unpaired) electrons. The van der Waals surface area contributed by atoms with Crippen LogP contribution in [-0.4, -0.2) is 5.11 Å². The van der Waals surface area contributed by atoms with Crippen molar-refractivity contribution >= 4 is 6.08 Å². The molecule has 0 aliphatic heterocycles. The molecule has 1 aromatic rings. The summed E-state index contributed by atoms with van der Waals surface area (Å²) in [4.78, 5) is 0. The lowest BCUT2D eigenvalue weighted by atomic mass is 10.0. The van der Waals surface area contributed by atoms with Crippen molar-refractivity contribution in [1.29, 1.82) is 5.26 Å². The number of nitrogens with zero attached hydrogens (tertiary/aromatic N) is 1. The molecule has 0 heterocycles. The van der Waals surface area contributed by atoms with Gasteiger partial charge in [0.25, 0.3) is 0 Å². The molecule has 0 saturated carbocycles. The van der Waals surface area contributed by atoms with Crippen LogP contribution in [0, 0.1) is 25.2 Å². The first-order valence-electron chi connectivity index (χ1n) is 4.01. The lowest BCUT2D eigenvalue weighted by Crippen LogP contribution is -1.85. The summed E-state index contributed by atoms with van der Waals surface area (Å²) in [6, 6.07) is 5.31. The van der Waals surface area contributed by atoms with E-state index in [1.165, 1.54) is 6.08 Å². The van der Waals surface area contributed by atoms with Crippen molar-refractivity contribution in [2.24, 2.45) is 0 Å². The first-order chi connectivity index (χ1) is 6.15. The zero-order valence-electron chi connectivity index (χ0n) is 7.70. The largest absolute Gasteiger partial charge is 0.508 e. The van der Waals surface area contributed by atoms with Gasteiger partial charge in [-0.15, -0.1) is 0 Å². The van der Waals surface area contributed by atoms with E-state index < -0.39 is 0 Å². The van der Waals surface area contributed by atoms with Crippen molar-refractivity contribution in [3.63, 3.8) is 0 Å². The number of aromatic hydroxyl groups is 1. The van der Waals surface area contributed by atoms with E-state index in [1.807, 2.05) is 19.9 Å². The van der Waals surface area contributed by atoms with Crippen LogP contribution in [0.25, 0.3) is 6.08 Å². The summed E-state index contributed by atoms with van der Waals surface area (Å²) in [5.74, 6) is 0.268. The van der Waals surface area contributed by atoms with Crippen molar-refractivity contribution in [2.45, 2.75) is 13.8 Å². The van der Waals surface area contributed by atoms with Crippen LogP contribution in [0.1, 0.15) is 16.7 Å². The molecule has 0 aliphatic rings. The fraction of sp³-hybridized carbons (Fsp3) is 0.182. The van der Waals surface area contributed by atoms with Gasteiger partial charge in [0.2, 0.25) is 0 Å². The number of hydrogen-bond acceptors (Lipinski definition) is 2. The Morgan fingerprint density at radius 3 is 2.31 bits per heavy atom. The zero-order valence-corrected chi connectivity index (χ0v) is 7.70. The van der Waals surface area contributed by atoms with Crippen LogP contribution in [0.4, 0.5) is 0 Å². The Morgan fingerprint density at radius 1 is 1.31 bits per heavy atom. The number of phenols is 1. The molecule has 0 aliphatic carbocycles. The van der Waals surface area contributed by atoms with Crippen LogP contribution in [0.15, 0.2) is 18.2 Å². The van der Waals surface area contributed by atoms with Gasteiger partial charge in [0, 0.05) is 6.08 Å². The molecule has 2 heteroatoms. The summed E-state index contributed by atoms with van der Waals surface area (Å²) >= 11 is 0. The van der Waals surface area contributed by atoms with Gasteiger partial charge in [0.1, 0.15) is 5.75 Å². The number of benzene rings is 1. The van der Waals surface area contributed by atoms with E-state index in [1.54, 1.807) is 18.2 Å². The molecule has 0 bridgehead atoms. The van der Waals surface area contributed by atoms with Crippen molar-refractivity contribution in [3.8, 4) is 11.8 Å². The lowest BCUT2D eigenvalue weighted by molar-refractivity contribution is 0.474. The smallest absolute Gasteiger partial charge is 0.116 e. The summed E-state index contributed by atoms with van der Waals surface area (Å²) in [6.45, 7) is 3.81. The van der Waals surface area contributed by atoms with Gasteiger partial charge in [-0.2, -0.15) is 5.26 Å². The normalized spacial score (nSPS) is 10.2. The predicted octanol–water partition coefficient (Wildman–Crippen LogP) is 2.55. The average Bonchev–Trinajstić information content (AvgIpc) is 2.02. The number of allylic oxidation sites excluding steroid dienone is 1. The third-order valence-electron chi connectivity index (χ3n) is 1.90. The number of aryl methyl sites for hydroxylation is 2. The maximum atomic E-state index is 9.25. The highest BCUT2D eigenvalue weighted by molar-refractivity contribution is 5.60. The molecule has 1 rings (SSSR count). The maximum absolute atomic E-state index is 9.25. The second-order valence-electron chi connectivity index (χ2n) is 2.96. The quantitative estimate of drug-likeness (QED) is 0.663. The molecular formula is C11H11NO. The van der Waals surface area contributed by atoms with Crippen LogP contribution in [0.5, 0.6) is 5.75 Å². The Bertz CT molecular complexity index is 363. The summed E-state index contributed by atoms with van der Waals surface area (Å²) in [5, 5.41) is 17.6. The molecule has 0 fully saturated rings. The highest BCUT2D eigenvalue weighted by atomic mass is 16.3. The first kappa shape index (κ1) is 9.34. The SMILES string of the molecule is Cc1cc(O)cc(C)c1C=CC#N. The first-order valence-corrected chi connectivity index (χ1v) is 4.01. The minimum atomic E-state index is 0.268. The number of phenolic OH excluding ortho intramolecular Hbond substituents is 1. The Morgan fingerprint density at radius 2 is 1.85 bits per heavy atom.